The van der Waals surface area contributed by atoms with E-state index in [1.54, 1.807) is 18.3 Å². The second-order valence-corrected chi connectivity index (χ2v) is 6.89. The molecule has 4 aromatic rings. The number of nitrogens with zero attached hydrogens (tertiary/aromatic N) is 2. The average Bonchev–Trinajstić information content (AvgIpc) is 3.14. The molecule has 1 amide bonds. The second-order valence-electron chi connectivity index (χ2n) is 6.89. The van der Waals surface area contributed by atoms with Gasteiger partial charge in [-0.15, -0.1) is 0 Å². The fourth-order valence-corrected chi connectivity index (χ4v) is 3.29. The van der Waals surface area contributed by atoms with Crippen molar-refractivity contribution in [1.29, 1.82) is 0 Å². The monoisotopic (exact) mass is 389 g/mol. The van der Waals surface area contributed by atoms with Crippen molar-refractivity contribution in [2.24, 2.45) is 0 Å². The number of nitrogens with one attached hydrogen (secondary N) is 1. The number of aromatic nitrogens is 2. The predicted octanol–water partition coefficient (Wildman–Crippen LogP) is 3.31. The molecular formula is C23H20FN3O2. The SMILES string of the molecule is O=C(Cn1ccc2ccn(Cc3ccccc3)c2c1=O)NCc1ccc(F)cc1. The van der Waals surface area contributed by atoms with Crippen molar-refractivity contribution in [3.8, 4) is 0 Å². The molecule has 0 spiro atoms. The zero-order chi connectivity index (χ0) is 20.2. The van der Waals surface area contributed by atoms with E-state index in [0.717, 1.165) is 16.5 Å². The van der Waals surface area contributed by atoms with Crippen LogP contribution < -0.4 is 10.9 Å². The third-order valence-electron chi connectivity index (χ3n) is 4.80. The minimum absolute atomic E-state index is 0.0769. The molecule has 2 aromatic heterocycles. The maximum absolute atomic E-state index is 13.0. The van der Waals surface area contributed by atoms with Gasteiger partial charge in [0.25, 0.3) is 5.56 Å². The molecule has 2 aromatic carbocycles. The molecule has 5 nitrogen and oxygen atoms in total. The lowest BCUT2D eigenvalue weighted by molar-refractivity contribution is -0.121. The molecule has 0 aliphatic heterocycles. The second kappa shape index (κ2) is 8.14. The molecule has 1 N–H and O–H groups in total. The summed E-state index contributed by atoms with van der Waals surface area (Å²) in [6, 6.07) is 19.6. The lowest BCUT2D eigenvalue weighted by Gasteiger charge is -2.10. The van der Waals surface area contributed by atoms with Crippen molar-refractivity contribution in [2.45, 2.75) is 19.6 Å². The van der Waals surface area contributed by atoms with Crippen LogP contribution >= 0.6 is 0 Å². The topological polar surface area (TPSA) is 56.0 Å². The van der Waals surface area contributed by atoms with E-state index < -0.39 is 0 Å². The maximum atomic E-state index is 13.0. The number of amides is 1. The number of halogens is 1. The predicted molar refractivity (Wildman–Crippen MR) is 110 cm³/mol. The lowest BCUT2D eigenvalue weighted by Crippen LogP contribution is -2.32. The van der Waals surface area contributed by atoms with Crippen molar-refractivity contribution in [3.05, 3.63) is 106 Å². The molecule has 0 unspecified atom stereocenters. The highest BCUT2D eigenvalue weighted by Gasteiger charge is 2.11. The van der Waals surface area contributed by atoms with E-state index in [1.165, 1.54) is 16.7 Å². The fourth-order valence-electron chi connectivity index (χ4n) is 3.29. The molecule has 0 saturated carbocycles. The summed E-state index contributed by atoms with van der Waals surface area (Å²) in [7, 11) is 0. The molecule has 0 radical (unpaired) electrons. The lowest BCUT2D eigenvalue weighted by atomic mass is 10.2. The molecule has 4 rings (SSSR count). The first-order valence-corrected chi connectivity index (χ1v) is 9.33. The Balaban J connectivity index is 1.51. The molecule has 0 aliphatic carbocycles. The van der Waals surface area contributed by atoms with E-state index >= 15 is 0 Å². The van der Waals surface area contributed by atoms with Crippen molar-refractivity contribution >= 4 is 16.8 Å². The molecule has 2 heterocycles. The largest absolute Gasteiger partial charge is 0.350 e. The van der Waals surface area contributed by atoms with Gasteiger partial charge < -0.3 is 14.5 Å². The van der Waals surface area contributed by atoms with Gasteiger partial charge in [-0.1, -0.05) is 42.5 Å². The molecule has 29 heavy (non-hydrogen) atoms. The molecule has 6 heteroatoms. The van der Waals surface area contributed by atoms with Gasteiger partial charge in [0.2, 0.25) is 5.91 Å². The smallest absolute Gasteiger partial charge is 0.275 e. The van der Waals surface area contributed by atoms with E-state index in [2.05, 4.69) is 5.32 Å². The van der Waals surface area contributed by atoms with Gasteiger partial charge in [-0.25, -0.2) is 4.39 Å². The first kappa shape index (κ1) is 18.7. The van der Waals surface area contributed by atoms with Crippen molar-refractivity contribution in [2.75, 3.05) is 0 Å². The maximum Gasteiger partial charge on any atom is 0.275 e. The number of rotatable bonds is 6. The first-order valence-electron chi connectivity index (χ1n) is 9.33. The third kappa shape index (κ3) is 4.27. The quantitative estimate of drug-likeness (QED) is 0.550. The van der Waals surface area contributed by atoms with Crippen LogP contribution in [0, 0.1) is 5.82 Å². The van der Waals surface area contributed by atoms with E-state index in [-0.39, 0.29) is 30.4 Å². The highest BCUT2D eigenvalue weighted by Crippen LogP contribution is 2.14. The zero-order valence-corrected chi connectivity index (χ0v) is 15.7. The summed E-state index contributed by atoms with van der Waals surface area (Å²) in [5, 5.41) is 3.60. The van der Waals surface area contributed by atoms with E-state index in [9.17, 15) is 14.0 Å². The summed E-state index contributed by atoms with van der Waals surface area (Å²) in [6.45, 7) is 0.785. The highest BCUT2D eigenvalue weighted by atomic mass is 19.1. The summed E-state index contributed by atoms with van der Waals surface area (Å²) in [5.41, 5.74) is 2.25. The Morgan fingerprint density at radius 3 is 2.28 bits per heavy atom. The van der Waals surface area contributed by atoms with Crippen LogP contribution in [0.4, 0.5) is 4.39 Å². The van der Waals surface area contributed by atoms with Crippen molar-refractivity contribution < 1.29 is 9.18 Å². The standard InChI is InChI=1S/C23H20FN3O2/c24-20-8-6-17(7-9-20)14-25-21(28)16-27-13-11-19-10-12-26(22(19)23(27)29)15-18-4-2-1-3-5-18/h1-13H,14-16H2,(H,25,28). The number of carbonyl (C=O) groups excluding carboxylic acids is 1. The molecule has 0 bridgehead atoms. The zero-order valence-electron chi connectivity index (χ0n) is 15.7. The molecule has 0 fully saturated rings. The molecule has 146 valence electrons. The Hall–Kier alpha value is -3.67. The van der Waals surface area contributed by atoms with Gasteiger partial charge in [0.05, 0.1) is 0 Å². The van der Waals surface area contributed by atoms with E-state index in [4.69, 9.17) is 0 Å². The number of benzene rings is 2. The molecular weight excluding hydrogens is 369 g/mol. The van der Waals surface area contributed by atoms with Crippen LogP contribution in [0.15, 0.2) is 83.9 Å². The Kier molecular flexibility index (Phi) is 5.24. The normalized spacial score (nSPS) is 10.9. The van der Waals surface area contributed by atoms with Gasteiger partial charge in [-0.05, 0) is 35.4 Å². The summed E-state index contributed by atoms with van der Waals surface area (Å²) in [6.07, 6.45) is 3.52. The van der Waals surface area contributed by atoms with Crippen LogP contribution in [0.1, 0.15) is 11.1 Å². The van der Waals surface area contributed by atoms with Crippen LogP contribution in [0.2, 0.25) is 0 Å². The minimum Gasteiger partial charge on any atom is -0.350 e. The first-order chi connectivity index (χ1) is 14.1. The van der Waals surface area contributed by atoms with Crippen LogP contribution in [-0.2, 0) is 24.4 Å². The third-order valence-corrected chi connectivity index (χ3v) is 4.80. The number of hydrogen-bond acceptors (Lipinski definition) is 2. The summed E-state index contributed by atoms with van der Waals surface area (Å²) in [5.74, 6) is -0.602. The van der Waals surface area contributed by atoms with Gasteiger partial charge >= 0.3 is 0 Å². The van der Waals surface area contributed by atoms with Gasteiger partial charge in [0.15, 0.2) is 0 Å². The average molecular weight is 389 g/mol. The summed E-state index contributed by atoms with van der Waals surface area (Å²) < 4.78 is 16.3. The van der Waals surface area contributed by atoms with Gasteiger partial charge in [0.1, 0.15) is 17.9 Å². The van der Waals surface area contributed by atoms with Crippen LogP contribution in [0.3, 0.4) is 0 Å². The summed E-state index contributed by atoms with van der Waals surface area (Å²) in [4.78, 5) is 25.3. The minimum atomic E-state index is -0.321. The van der Waals surface area contributed by atoms with E-state index in [1.807, 2.05) is 53.2 Å². The van der Waals surface area contributed by atoms with Gasteiger partial charge in [0, 0.05) is 30.9 Å². The summed E-state index contributed by atoms with van der Waals surface area (Å²) >= 11 is 0. The van der Waals surface area contributed by atoms with Crippen LogP contribution in [-0.4, -0.2) is 15.0 Å². The Bertz CT molecular complexity index is 1190. The van der Waals surface area contributed by atoms with Crippen LogP contribution in [0.25, 0.3) is 10.9 Å². The Morgan fingerprint density at radius 1 is 0.862 bits per heavy atom. The molecule has 0 saturated heterocycles. The van der Waals surface area contributed by atoms with Crippen LogP contribution in [0.5, 0.6) is 0 Å². The van der Waals surface area contributed by atoms with Gasteiger partial charge in [-0.2, -0.15) is 0 Å². The van der Waals surface area contributed by atoms with E-state index in [0.29, 0.717) is 12.1 Å². The van der Waals surface area contributed by atoms with Crippen molar-refractivity contribution in [3.63, 3.8) is 0 Å². The number of pyridine rings is 1. The van der Waals surface area contributed by atoms with Crippen molar-refractivity contribution in [1.82, 2.24) is 14.5 Å². The van der Waals surface area contributed by atoms with Gasteiger partial charge in [-0.3, -0.25) is 9.59 Å². The Labute approximate surface area is 167 Å². The number of carbonyl (C=O) groups is 1. The molecule has 0 atom stereocenters. The fraction of sp³-hybridized carbons (Fsp3) is 0.130. The number of hydrogen-bond donors (Lipinski definition) is 1. The number of fused-ring (bicyclic) bond motifs is 1. The Morgan fingerprint density at radius 2 is 1.55 bits per heavy atom. The molecule has 0 aliphatic rings. The highest BCUT2D eigenvalue weighted by molar-refractivity contribution is 5.80.